The number of ether oxygens (including phenoxy) is 3. The van der Waals surface area contributed by atoms with Crippen molar-refractivity contribution >= 4 is 5.91 Å². The smallest absolute Gasteiger partial charge is 0.258 e. The molecule has 2 rings (SSSR count). The monoisotopic (exact) mass is 452 g/mol. The summed E-state index contributed by atoms with van der Waals surface area (Å²) < 4.78 is 17.0. The molecule has 178 valence electrons. The van der Waals surface area contributed by atoms with Crippen LogP contribution in [-0.4, -0.2) is 43.2 Å². The fourth-order valence-electron chi connectivity index (χ4n) is 3.69. The summed E-state index contributed by atoms with van der Waals surface area (Å²) in [7, 11) is 1.60. The van der Waals surface area contributed by atoms with Crippen molar-refractivity contribution in [1.82, 2.24) is 4.90 Å². The molecule has 0 unspecified atom stereocenters. The van der Waals surface area contributed by atoms with Gasteiger partial charge in [0.15, 0.2) is 0 Å². The number of nitriles is 1. The first-order valence-electron chi connectivity index (χ1n) is 11.6. The summed E-state index contributed by atoms with van der Waals surface area (Å²) in [5, 5.41) is 8.83. The quantitative estimate of drug-likeness (QED) is 0.357. The van der Waals surface area contributed by atoms with Gasteiger partial charge >= 0.3 is 0 Å². The van der Waals surface area contributed by atoms with E-state index < -0.39 is 0 Å². The molecule has 0 aliphatic heterocycles. The number of methoxy groups -OCH3 is 1. The average Bonchev–Trinajstić information content (AvgIpc) is 2.80. The average molecular weight is 453 g/mol. The number of benzene rings is 2. The molecule has 6 heteroatoms. The minimum absolute atomic E-state index is 0.0474. The number of amides is 1. The van der Waals surface area contributed by atoms with Crippen LogP contribution in [0.3, 0.4) is 0 Å². The normalized spacial score (nSPS) is 10.7. The van der Waals surface area contributed by atoms with Crippen LogP contribution in [0.25, 0.3) is 0 Å². The highest BCUT2D eigenvalue weighted by atomic mass is 16.5. The molecule has 2 aromatic carbocycles. The molecule has 0 atom stereocenters. The Hall–Kier alpha value is -3.20. The number of nitrogens with zero attached hydrogens (tertiary/aromatic N) is 2. The topological polar surface area (TPSA) is 71.8 Å². The van der Waals surface area contributed by atoms with Crippen molar-refractivity contribution < 1.29 is 19.0 Å². The number of carbonyl (C=O) groups excluding carboxylic acids is 1. The van der Waals surface area contributed by atoms with Gasteiger partial charge in [0, 0.05) is 12.1 Å². The molecule has 1 amide bonds. The Morgan fingerprint density at radius 1 is 0.879 bits per heavy atom. The second kappa shape index (κ2) is 13.4. The van der Waals surface area contributed by atoms with E-state index in [2.05, 4.69) is 6.07 Å². The summed E-state index contributed by atoms with van der Waals surface area (Å²) in [5.41, 5.74) is 1.16. The van der Waals surface area contributed by atoms with Crippen molar-refractivity contribution in [2.45, 2.75) is 65.5 Å². The van der Waals surface area contributed by atoms with Crippen LogP contribution in [0.4, 0.5) is 0 Å². The first kappa shape index (κ1) is 26.1. The third-order valence-corrected chi connectivity index (χ3v) is 5.31. The molecule has 0 saturated heterocycles. The highest BCUT2D eigenvalue weighted by molar-refractivity contribution is 5.97. The molecule has 2 aromatic rings. The van der Waals surface area contributed by atoms with Crippen molar-refractivity contribution in [2.75, 3.05) is 20.3 Å². The Balaban J connectivity index is 1.81. The SMILES string of the molecule is COc1ccc(OCCCCCCOc2ccc(C#N)cc2)c(C(=O)N(C(C)C)C(C)C)c1. The van der Waals surface area contributed by atoms with Gasteiger partial charge < -0.3 is 19.1 Å². The van der Waals surface area contributed by atoms with Crippen LogP contribution in [0, 0.1) is 11.3 Å². The fourth-order valence-corrected chi connectivity index (χ4v) is 3.69. The van der Waals surface area contributed by atoms with Gasteiger partial charge in [-0.1, -0.05) is 0 Å². The largest absolute Gasteiger partial charge is 0.497 e. The molecular formula is C27H36N2O4. The fraction of sp³-hybridized carbons (Fsp3) is 0.481. The lowest BCUT2D eigenvalue weighted by atomic mass is 10.1. The van der Waals surface area contributed by atoms with Crippen LogP contribution in [0.5, 0.6) is 17.2 Å². The Kier molecular flexibility index (Phi) is 10.6. The van der Waals surface area contributed by atoms with Gasteiger partial charge in [-0.15, -0.1) is 0 Å². The van der Waals surface area contributed by atoms with E-state index in [1.54, 1.807) is 25.3 Å². The number of carbonyl (C=O) groups is 1. The van der Waals surface area contributed by atoms with E-state index in [9.17, 15) is 4.79 Å². The highest BCUT2D eigenvalue weighted by Gasteiger charge is 2.25. The van der Waals surface area contributed by atoms with Gasteiger partial charge in [-0.25, -0.2) is 0 Å². The van der Waals surface area contributed by atoms with Crippen LogP contribution >= 0.6 is 0 Å². The van der Waals surface area contributed by atoms with E-state index in [1.807, 2.05) is 56.9 Å². The van der Waals surface area contributed by atoms with Gasteiger partial charge in [0.05, 0.1) is 37.5 Å². The lowest BCUT2D eigenvalue weighted by Gasteiger charge is -2.31. The third kappa shape index (κ3) is 8.02. The first-order chi connectivity index (χ1) is 15.9. The van der Waals surface area contributed by atoms with E-state index in [4.69, 9.17) is 19.5 Å². The molecule has 0 N–H and O–H groups in total. The van der Waals surface area contributed by atoms with Crippen molar-refractivity contribution in [3.63, 3.8) is 0 Å². The summed E-state index contributed by atoms with van der Waals surface area (Å²) in [6.07, 6.45) is 3.89. The summed E-state index contributed by atoms with van der Waals surface area (Å²) in [6, 6.07) is 14.8. The zero-order valence-electron chi connectivity index (χ0n) is 20.5. The third-order valence-electron chi connectivity index (χ3n) is 5.31. The van der Waals surface area contributed by atoms with Crippen molar-refractivity contribution in [1.29, 1.82) is 5.26 Å². The zero-order chi connectivity index (χ0) is 24.2. The van der Waals surface area contributed by atoms with Crippen LogP contribution < -0.4 is 14.2 Å². The molecule has 0 bridgehead atoms. The van der Waals surface area contributed by atoms with Gasteiger partial charge in [0.2, 0.25) is 0 Å². The molecular weight excluding hydrogens is 416 g/mol. The van der Waals surface area contributed by atoms with Crippen LogP contribution in [0.15, 0.2) is 42.5 Å². The van der Waals surface area contributed by atoms with E-state index in [0.29, 0.717) is 35.8 Å². The summed E-state index contributed by atoms with van der Waals surface area (Å²) in [6.45, 7) is 9.26. The molecule has 0 aliphatic carbocycles. The predicted molar refractivity (Wildman–Crippen MR) is 130 cm³/mol. The summed E-state index contributed by atoms with van der Waals surface area (Å²) in [4.78, 5) is 15.1. The Morgan fingerprint density at radius 2 is 1.45 bits per heavy atom. The summed E-state index contributed by atoms with van der Waals surface area (Å²) in [5.74, 6) is 1.97. The zero-order valence-corrected chi connectivity index (χ0v) is 20.5. The maximum Gasteiger partial charge on any atom is 0.258 e. The molecule has 0 aliphatic rings. The molecule has 0 fully saturated rings. The minimum atomic E-state index is -0.0474. The molecule has 0 spiro atoms. The van der Waals surface area contributed by atoms with Crippen LogP contribution in [0.2, 0.25) is 0 Å². The van der Waals surface area contributed by atoms with E-state index in [-0.39, 0.29) is 18.0 Å². The number of hydrogen-bond donors (Lipinski definition) is 0. The highest BCUT2D eigenvalue weighted by Crippen LogP contribution is 2.27. The lowest BCUT2D eigenvalue weighted by Crippen LogP contribution is -2.42. The van der Waals surface area contributed by atoms with Gasteiger partial charge in [0.25, 0.3) is 5.91 Å². The number of rotatable bonds is 13. The van der Waals surface area contributed by atoms with Gasteiger partial charge in [-0.05, 0) is 95.8 Å². The molecule has 0 heterocycles. The molecule has 6 nitrogen and oxygen atoms in total. The van der Waals surface area contributed by atoms with E-state index in [0.717, 1.165) is 31.4 Å². The van der Waals surface area contributed by atoms with Gasteiger partial charge in [0.1, 0.15) is 17.2 Å². The maximum absolute atomic E-state index is 13.2. The molecule has 0 saturated carbocycles. The first-order valence-corrected chi connectivity index (χ1v) is 11.6. The summed E-state index contributed by atoms with van der Waals surface area (Å²) >= 11 is 0. The molecule has 0 radical (unpaired) electrons. The Labute approximate surface area is 198 Å². The Bertz CT molecular complexity index is 909. The number of unbranched alkanes of at least 4 members (excludes halogenated alkanes) is 3. The second-order valence-corrected chi connectivity index (χ2v) is 8.51. The van der Waals surface area contributed by atoms with Crippen molar-refractivity contribution in [2.24, 2.45) is 0 Å². The number of hydrogen-bond acceptors (Lipinski definition) is 5. The van der Waals surface area contributed by atoms with Crippen molar-refractivity contribution in [3.05, 3.63) is 53.6 Å². The Morgan fingerprint density at radius 3 is 2.00 bits per heavy atom. The predicted octanol–water partition coefficient (Wildman–Crippen LogP) is 5.84. The van der Waals surface area contributed by atoms with E-state index in [1.165, 1.54) is 0 Å². The molecule has 33 heavy (non-hydrogen) atoms. The van der Waals surface area contributed by atoms with Crippen molar-refractivity contribution in [3.8, 4) is 23.3 Å². The minimum Gasteiger partial charge on any atom is -0.497 e. The van der Waals surface area contributed by atoms with Gasteiger partial charge in [-0.3, -0.25) is 4.79 Å². The van der Waals surface area contributed by atoms with E-state index >= 15 is 0 Å². The molecule has 0 aromatic heterocycles. The standard InChI is InChI=1S/C27H36N2O4/c1-20(2)29(21(3)4)27(30)25-18-24(31-5)14-15-26(25)33-17-9-7-6-8-16-32-23-12-10-22(19-28)11-13-23/h10-15,18,20-21H,6-9,16-17H2,1-5H3. The maximum atomic E-state index is 13.2. The van der Waals surface area contributed by atoms with Crippen LogP contribution in [-0.2, 0) is 0 Å². The van der Waals surface area contributed by atoms with Crippen LogP contribution in [0.1, 0.15) is 69.3 Å². The second-order valence-electron chi connectivity index (χ2n) is 8.51. The lowest BCUT2D eigenvalue weighted by molar-refractivity contribution is 0.0638. The van der Waals surface area contributed by atoms with Gasteiger partial charge in [-0.2, -0.15) is 5.26 Å².